The molecule has 1 atom stereocenters. The first-order valence-electron chi connectivity index (χ1n) is 6.00. The van der Waals surface area contributed by atoms with Crippen molar-refractivity contribution in [3.05, 3.63) is 29.8 Å². The Morgan fingerprint density at radius 3 is 1.88 bits per heavy atom. The minimum atomic E-state index is -0.236. The fourth-order valence-corrected chi connectivity index (χ4v) is 1.80. The molecule has 1 rings (SSSR count). The lowest BCUT2D eigenvalue weighted by Crippen LogP contribution is -2.33. The van der Waals surface area contributed by atoms with Crippen LogP contribution in [0.5, 0.6) is 0 Å². The fraction of sp³-hybridized carbons (Fsp3) is 0.571. The van der Waals surface area contributed by atoms with Gasteiger partial charge < -0.3 is 14.8 Å². The second-order valence-electron chi connectivity index (χ2n) is 4.55. The zero-order valence-corrected chi connectivity index (χ0v) is 11.4. The van der Waals surface area contributed by atoms with Crippen LogP contribution in [0.3, 0.4) is 0 Å². The summed E-state index contributed by atoms with van der Waals surface area (Å²) in [5, 5.41) is 3.36. The lowest BCUT2D eigenvalue weighted by Gasteiger charge is -2.23. The van der Waals surface area contributed by atoms with E-state index in [9.17, 15) is 0 Å². The van der Waals surface area contributed by atoms with Crippen molar-refractivity contribution in [3.63, 3.8) is 0 Å². The average molecular weight is 237 g/mol. The van der Waals surface area contributed by atoms with Gasteiger partial charge in [-0.05, 0) is 30.5 Å². The van der Waals surface area contributed by atoms with Crippen LogP contribution < -0.4 is 5.32 Å². The number of nitrogens with one attached hydrogen (secondary N) is 1. The molecule has 1 aromatic rings. The van der Waals surface area contributed by atoms with E-state index in [4.69, 9.17) is 9.47 Å². The van der Waals surface area contributed by atoms with Gasteiger partial charge in [-0.3, -0.25) is 0 Å². The Bertz CT molecular complexity index is 317. The summed E-state index contributed by atoms with van der Waals surface area (Å²) in [5.74, 6) is 0.562. The number of ether oxygens (including phenoxy) is 2. The van der Waals surface area contributed by atoms with Crippen molar-refractivity contribution in [3.8, 4) is 0 Å². The Kier molecular flexibility index (Phi) is 5.45. The number of methoxy groups -OCH3 is 2. The molecule has 0 fully saturated rings. The number of anilines is 1. The van der Waals surface area contributed by atoms with Gasteiger partial charge in [0.25, 0.3) is 0 Å². The fourth-order valence-electron chi connectivity index (χ4n) is 1.80. The Hall–Kier alpha value is -1.06. The maximum Gasteiger partial charge on any atom is 0.176 e. The second kappa shape index (κ2) is 6.62. The van der Waals surface area contributed by atoms with Gasteiger partial charge in [0.05, 0.1) is 6.04 Å². The van der Waals surface area contributed by atoms with Crippen LogP contribution in [-0.2, 0) is 9.47 Å². The van der Waals surface area contributed by atoms with E-state index in [-0.39, 0.29) is 12.3 Å². The van der Waals surface area contributed by atoms with Gasteiger partial charge in [-0.1, -0.05) is 26.0 Å². The Morgan fingerprint density at radius 2 is 1.47 bits per heavy atom. The number of hydrogen-bond donors (Lipinski definition) is 1. The summed E-state index contributed by atoms with van der Waals surface area (Å²) in [7, 11) is 3.29. The molecule has 0 aliphatic heterocycles. The first-order chi connectivity index (χ1) is 8.08. The summed E-state index contributed by atoms with van der Waals surface area (Å²) in [6, 6.07) is 8.58. The topological polar surface area (TPSA) is 30.5 Å². The minimum absolute atomic E-state index is 0.106. The van der Waals surface area contributed by atoms with E-state index in [0.717, 1.165) is 5.69 Å². The molecule has 0 aliphatic rings. The average Bonchev–Trinajstić information content (AvgIpc) is 2.31. The van der Waals surface area contributed by atoms with Gasteiger partial charge in [0.15, 0.2) is 6.29 Å². The molecule has 1 unspecified atom stereocenters. The summed E-state index contributed by atoms with van der Waals surface area (Å²) in [6.45, 7) is 6.42. The van der Waals surface area contributed by atoms with Gasteiger partial charge in [-0.25, -0.2) is 0 Å². The highest BCUT2D eigenvalue weighted by atomic mass is 16.7. The molecule has 0 heterocycles. The summed E-state index contributed by atoms with van der Waals surface area (Å²) in [6.07, 6.45) is -0.236. The van der Waals surface area contributed by atoms with E-state index < -0.39 is 0 Å². The summed E-state index contributed by atoms with van der Waals surface area (Å²) in [4.78, 5) is 0. The Labute approximate surface area is 104 Å². The van der Waals surface area contributed by atoms with Crippen molar-refractivity contribution in [2.45, 2.75) is 39.0 Å². The van der Waals surface area contributed by atoms with Gasteiger partial charge in [-0.15, -0.1) is 0 Å². The highest BCUT2D eigenvalue weighted by Gasteiger charge is 2.15. The smallest absolute Gasteiger partial charge is 0.176 e. The molecule has 96 valence electrons. The molecule has 0 saturated heterocycles. The van der Waals surface area contributed by atoms with E-state index in [1.165, 1.54) is 5.56 Å². The summed E-state index contributed by atoms with van der Waals surface area (Å²) >= 11 is 0. The van der Waals surface area contributed by atoms with E-state index in [2.05, 4.69) is 43.4 Å². The molecule has 0 aromatic heterocycles. The molecule has 0 aliphatic carbocycles. The molecule has 3 nitrogen and oxygen atoms in total. The monoisotopic (exact) mass is 237 g/mol. The predicted molar refractivity (Wildman–Crippen MR) is 71.4 cm³/mol. The van der Waals surface area contributed by atoms with Crippen LogP contribution in [-0.4, -0.2) is 26.6 Å². The van der Waals surface area contributed by atoms with E-state index >= 15 is 0 Å². The third-order valence-electron chi connectivity index (χ3n) is 2.84. The van der Waals surface area contributed by atoms with Crippen LogP contribution >= 0.6 is 0 Å². The van der Waals surface area contributed by atoms with Crippen molar-refractivity contribution in [2.24, 2.45) is 0 Å². The predicted octanol–water partition coefficient (Wildman–Crippen LogP) is 3.23. The molecular formula is C14H23NO2. The molecular weight excluding hydrogens is 214 g/mol. The van der Waals surface area contributed by atoms with Gasteiger partial charge in [0.2, 0.25) is 0 Å². The zero-order valence-electron chi connectivity index (χ0n) is 11.4. The maximum absolute atomic E-state index is 5.21. The normalized spacial score (nSPS) is 13.1. The third kappa shape index (κ3) is 4.02. The highest BCUT2D eigenvalue weighted by molar-refractivity contribution is 5.45. The summed E-state index contributed by atoms with van der Waals surface area (Å²) in [5.41, 5.74) is 2.43. The van der Waals surface area contributed by atoms with E-state index in [1.54, 1.807) is 14.2 Å². The minimum Gasteiger partial charge on any atom is -0.377 e. The molecule has 17 heavy (non-hydrogen) atoms. The molecule has 0 amide bonds. The Balaban J connectivity index is 2.62. The van der Waals surface area contributed by atoms with Crippen LogP contribution in [0.2, 0.25) is 0 Å². The first-order valence-corrected chi connectivity index (χ1v) is 6.00. The van der Waals surface area contributed by atoms with Crippen LogP contribution in [0.1, 0.15) is 32.3 Å². The van der Waals surface area contributed by atoms with Crippen molar-refractivity contribution < 1.29 is 9.47 Å². The van der Waals surface area contributed by atoms with Gasteiger partial charge in [-0.2, -0.15) is 0 Å². The first kappa shape index (κ1) is 14.0. The SMILES string of the molecule is COC(OC)C(C)Nc1ccc(C(C)C)cc1. The van der Waals surface area contributed by atoms with Gasteiger partial charge in [0, 0.05) is 19.9 Å². The van der Waals surface area contributed by atoms with Crippen LogP contribution in [0.25, 0.3) is 0 Å². The second-order valence-corrected chi connectivity index (χ2v) is 4.55. The Morgan fingerprint density at radius 1 is 0.941 bits per heavy atom. The molecule has 3 heteroatoms. The standard InChI is InChI=1S/C14H23NO2/c1-10(2)12-6-8-13(9-7-12)15-11(3)14(16-4)17-5/h6-11,14-15H,1-5H3. The lowest BCUT2D eigenvalue weighted by molar-refractivity contribution is -0.109. The van der Waals surface area contributed by atoms with Crippen LogP contribution in [0.15, 0.2) is 24.3 Å². The van der Waals surface area contributed by atoms with Crippen molar-refractivity contribution in [1.82, 2.24) is 0 Å². The number of rotatable bonds is 6. The maximum atomic E-state index is 5.21. The van der Waals surface area contributed by atoms with Crippen LogP contribution in [0, 0.1) is 0 Å². The number of benzene rings is 1. The molecule has 0 bridgehead atoms. The van der Waals surface area contributed by atoms with Crippen molar-refractivity contribution in [1.29, 1.82) is 0 Å². The van der Waals surface area contributed by atoms with Gasteiger partial charge >= 0.3 is 0 Å². The quantitative estimate of drug-likeness (QED) is 0.770. The number of hydrogen-bond acceptors (Lipinski definition) is 3. The molecule has 1 N–H and O–H groups in total. The van der Waals surface area contributed by atoms with E-state index in [0.29, 0.717) is 5.92 Å². The van der Waals surface area contributed by atoms with Crippen molar-refractivity contribution >= 4 is 5.69 Å². The third-order valence-corrected chi connectivity index (χ3v) is 2.84. The van der Waals surface area contributed by atoms with Gasteiger partial charge in [0.1, 0.15) is 0 Å². The molecule has 0 radical (unpaired) electrons. The molecule has 0 saturated carbocycles. The highest BCUT2D eigenvalue weighted by Crippen LogP contribution is 2.18. The summed E-state index contributed by atoms with van der Waals surface area (Å²) < 4.78 is 10.4. The molecule has 1 aromatic carbocycles. The van der Waals surface area contributed by atoms with Crippen molar-refractivity contribution in [2.75, 3.05) is 19.5 Å². The largest absolute Gasteiger partial charge is 0.377 e. The zero-order chi connectivity index (χ0) is 12.8. The van der Waals surface area contributed by atoms with Crippen LogP contribution in [0.4, 0.5) is 5.69 Å². The molecule has 0 spiro atoms. The lowest BCUT2D eigenvalue weighted by atomic mass is 10.0. The van der Waals surface area contributed by atoms with E-state index in [1.807, 2.05) is 6.92 Å².